The third-order valence-corrected chi connectivity index (χ3v) is 5.91. The molecular formula is C17H18FNO2S. The summed E-state index contributed by atoms with van der Waals surface area (Å²) in [6.45, 7) is 3.85. The largest absolute Gasteiger partial charge is 0.316 e. The fourth-order valence-corrected chi connectivity index (χ4v) is 4.34. The molecule has 0 saturated carbocycles. The summed E-state index contributed by atoms with van der Waals surface area (Å²) < 4.78 is 38.5. The molecule has 0 amide bonds. The molecule has 1 unspecified atom stereocenters. The average molecular weight is 319 g/mol. The minimum absolute atomic E-state index is 0.0119. The Bertz CT molecular complexity index is 796. The fraction of sp³-hybridized carbons (Fsp3) is 0.294. The zero-order valence-corrected chi connectivity index (χ0v) is 13.2. The SMILES string of the molecule is Cc1cc(S(=O)(=O)c2cccc(F)c2)ccc1C1CCNC1. The van der Waals surface area contributed by atoms with Gasteiger partial charge in [0.15, 0.2) is 0 Å². The van der Waals surface area contributed by atoms with Crippen LogP contribution in [0.5, 0.6) is 0 Å². The second kappa shape index (κ2) is 5.82. The molecule has 1 N–H and O–H groups in total. The third-order valence-electron chi connectivity index (χ3n) is 4.16. The van der Waals surface area contributed by atoms with Gasteiger partial charge in [-0.05, 0) is 67.3 Å². The van der Waals surface area contributed by atoms with Crippen LogP contribution in [-0.4, -0.2) is 21.5 Å². The van der Waals surface area contributed by atoms with Crippen molar-refractivity contribution < 1.29 is 12.8 Å². The van der Waals surface area contributed by atoms with Gasteiger partial charge in [-0.3, -0.25) is 0 Å². The van der Waals surface area contributed by atoms with E-state index in [0.717, 1.165) is 31.1 Å². The van der Waals surface area contributed by atoms with Crippen molar-refractivity contribution in [2.75, 3.05) is 13.1 Å². The lowest BCUT2D eigenvalue weighted by molar-refractivity contribution is 0.590. The van der Waals surface area contributed by atoms with Gasteiger partial charge >= 0.3 is 0 Å². The van der Waals surface area contributed by atoms with E-state index in [0.29, 0.717) is 5.92 Å². The Morgan fingerprint density at radius 3 is 2.55 bits per heavy atom. The number of nitrogens with one attached hydrogen (secondary N) is 1. The normalized spacial score (nSPS) is 18.5. The molecular weight excluding hydrogens is 301 g/mol. The van der Waals surface area contributed by atoms with Crippen LogP contribution in [0.2, 0.25) is 0 Å². The highest BCUT2D eigenvalue weighted by molar-refractivity contribution is 7.91. The first-order valence-electron chi connectivity index (χ1n) is 7.30. The molecule has 1 aliphatic rings. The molecule has 0 bridgehead atoms. The number of halogens is 1. The summed E-state index contributed by atoms with van der Waals surface area (Å²) in [4.78, 5) is 0.201. The summed E-state index contributed by atoms with van der Waals surface area (Å²) in [5.74, 6) is -0.114. The molecule has 2 aromatic rings. The van der Waals surface area contributed by atoms with Crippen molar-refractivity contribution in [2.45, 2.75) is 29.1 Å². The Morgan fingerprint density at radius 1 is 1.14 bits per heavy atom. The molecule has 1 atom stereocenters. The van der Waals surface area contributed by atoms with Crippen molar-refractivity contribution >= 4 is 9.84 Å². The van der Waals surface area contributed by atoms with Crippen molar-refractivity contribution in [3.8, 4) is 0 Å². The van der Waals surface area contributed by atoms with Crippen LogP contribution in [0.15, 0.2) is 52.3 Å². The van der Waals surface area contributed by atoms with Gasteiger partial charge in [-0.25, -0.2) is 12.8 Å². The average Bonchev–Trinajstić information content (AvgIpc) is 3.01. The van der Waals surface area contributed by atoms with E-state index < -0.39 is 15.7 Å². The molecule has 1 saturated heterocycles. The maximum atomic E-state index is 13.3. The molecule has 1 aliphatic heterocycles. The lowest BCUT2D eigenvalue weighted by Crippen LogP contribution is -2.09. The van der Waals surface area contributed by atoms with E-state index in [2.05, 4.69) is 5.32 Å². The second-order valence-corrected chi connectivity index (χ2v) is 7.62. The summed E-state index contributed by atoms with van der Waals surface area (Å²) in [5.41, 5.74) is 2.15. The number of sulfone groups is 1. The first kappa shape index (κ1) is 15.2. The van der Waals surface area contributed by atoms with E-state index >= 15 is 0 Å². The fourth-order valence-electron chi connectivity index (χ4n) is 2.96. The number of hydrogen-bond acceptors (Lipinski definition) is 3. The highest BCUT2D eigenvalue weighted by Gasteiger charge is 2.22. The highest BCUT2D eigenvalue weighted by Crippen LogP contribution is 2.29. The van der Waals surface area contributed by atoms with Crippen molar-refractivity contribution in [3.05, 3.63) is 59.4 Å². The highest BCUT2D eigenvalue weighted by atomic mass is 32.2. The number of aryl methyl sites for hydroxylation is 1. The second-order valence-electron chi connectivity index (χ2n) is 5.67. The van der Waals surface area contributed by atoms with E-state index in [4.69, 9.17) is 0 Å². The Balaban J connectivity index is 1.99. The van der Waals surface area contributed by atoms with Crippen LogP contribution in [0.3, 0.4) is 0 Å². The lowest BCUT2D eigenvalue weighted by atomic mass is 9.94. The maximum absolute atomic E-state index is 13.3. The van der Waals surface area contributed by atoms with Gasteiger partial charge in [0, 0.05) is 6.54 Å². The summed E-state index contributed by atoms with van der Waals surface area (Å²) >= 11 is 0. The Morgan fingerprint density at radius 2 is 1.91 bits per heavy atom. The number of benzene rings is 2. The quantitative estimate of drug-likeness (QED) is 0.946. The molecule has 0 radical (unpaired) electrons. The molecule has 22 heavy (non-hydrogen) atoms. The van der Waals surface area contributed by atoms with Gasteiger partial charge in [-0.1, -0.05) is 12.1 Å². The van der Waals surface area contributed by atoms with E-state index in [1.807, 2.05) is 13.0 Å². The van der Waals surface area contributed by atoms with Crippen molar-refractivity contribution in [2.24, 2.45) is 0 Å². The Hall–Kier alpha value is -1.72. The summed E-state index contributed by atoms with van der Waals surface area (Å²) in [5, 5.41) is 3.32. The first-order valence-corrected chi connectivity index (χ1v) is 8.79. The zero-order valence-electron chi connectivity index (χ0n) is 12.3. The van der Waals surface area contributed by atoms with Gasteiger partial charge in [-0.15, -0.1) is 0 Å². The molecule has 3 rings (SSSR count). The monoisotopic (exact) mass is 319 g/mol. The van der Waals surface area contributed by atoms with Crippen LogP contribution in [0, 0.1) is 12.7 Å². The van der Waals surface area contributed by atoms with Crippen LogP contribution >= 0.6 is 0 Å². The molecule has 1 heterocycles. The van der Waals surface area contributed by atoms with Crippen LogP contribution in [-0.2, 0) is 9.84 Å². The zero-order chi connectivity index (χ0) is 15.7. The van der Waals surface area contributed by atoms with Crippen LogP contribution < -0.4 is 5.32 Å². The molecule has 116 valence electrons. The van der Waals surface area contributed by atoms with Gasteiger partial charge < -0.3 is 5.32 Å². The van der Waals surface area contributed by atoms with E-state index in [1.54, 1.807) is 12.1 Å². The maximum Gasteiger partial charge on any atom is 0.206 e. The van der Waals surface area contributed by atoms with Crippen molar-refractivity contribution in [1.29, 1.82) is 0 Å². The Kier molecular flexibility index (Phi) is 4.02. The molecule has 3 nitrogen and oxygen atoms in total. The van der Waals surface area contributed by atoms with Crippen LogP contribution in [0.1, 0.15) is 23.5 Å². The predicted octanol–water partition coefficient (Wildman–Crippen LogP) is 3.04. The van der Waals surface area contributed by atoms with Crippen molar-refractivity contribution in [3.63, 3.8) is 0 Å². The smallest absolute Gasteiger partial charge is 0.206 e. The standard InChI is InChI=1S/C17H18FNO2S/c1-12-9-16(5-6-17(12)13-7-8-19-11-13)22(20,21)15-4-2-3-14(18)10-15/h2-6,9-10,13,19H,7-8,11H2,1H3. The topological polar surface area (TPSA) is 46.2 Å². The van der Waals surface area contributed by atoms with Crippen molar-refractivity contribution in [1.82, 2.24) is 5.32 Å². The molecule has 1 fully saturated rings. The minimum atomic E-state index is -3.68. The molecule has 0 aliphatic carbocycles. The Labute approximate surface area is 130 Å². The van der Waals surface area contributed by atoms with Gasteiger partial charge in [-0.2, -0.15) is 0 Å². The lowest BCUT2D eigenvalue weighted by Gasteiger charge is -2.14. The van der Waals surface area contributed by atoms with E-state index in [1.165, 1.54) is 23.8 Å². The summed E-state index contributed by atoms with van der Waals surface area (Å²) in [6.07, 6.45) is 1.07. The molecule has 0 spiro atoms. The van der Waals surface area contributed by atoms with Gasteiger partial charge in [0.1, 0.15) is 5.82 Å². The molecule has 2 aromatic carbocycles. The molecule has 0 aromatic heterocycles. The van der Waals surface area contributed by atoms with Gasteiger partial charge in [0.2, 0.25) is 9.84 Å². The van der Waals surface area contributed by atoms with E-state index in [9.17, 15) is 12.8 Å². The third kappa shape index (κ3) is 2.78. The number of rotatable bonds is 3. The van der Waals surface area contributed by atoms with Gasteiger partial charge in [0.25, 0.3) is 0 Å². The van der Waals surface area contributed by atoms with Crippen LogP contribution in [0.25, 0.3) is 0 Å². The molecule has 5 heteroatoms. The number of hydrogen-bond donors (Lipinski definition) is 1. The van der Waals surface area contributed by atoms with Gasteiger partial charge in [0.05, 0.1) is 9.79 Å². The predicted molar refractivity (Wildman–Crippen MR) is 83.3 cm³/mol. The summed E-state index contributed by atoms with van der Waals surface area (Å²) in [6, 6.07) is 10.3. The van der Waals surface area contributed by atoms with E-state index in [-0.39, 0.29) is 9.79 Å². The first-order chi connectivity index (χ1) is 10.5. The van der Waals surface area contributed by atoms with Crippen LogP contribution in [0.4, 0.5) is 4.39 Å². The summed E-state index contributed by atoms with van der Waals surface area (Å²) in [7, 11) is -3.68. The minimum Gasteiger partial charge on any atom is -0.316 e.